The second-order valence-electron chi connectivity index (χ2n) is 4.65. The minimum atomic E-state index is 0.148. The predicted molar refractivity (Wildman–Crippen MR) is 78.1 cm³/mol. The highest BCUT2D eigenvalue weighted by Crippen LogP contribution is 2.22. The lowest BCUT2D eigenvalue weighted by atomic mass is 10.1. The SMILES string of the molecule is CCCOCCC(Cc1c(Cl)c(CC)nn1C)NN. The zero-order valence-electron chi connectivity index (χ0n) is 12.1. The third kappa shape index (κ3) is 4.76. The maximum atomic E-state index is 6.33. The topological polar surface area (TPSA) is 65.1 Å². The van der Waals surface area contributed by atoms with Crippen molar-refractivity contribution in [3.63, 3.8) is 0 Å². The van der Waals surface area contributed by atoms with Gasteiger partial charge in [0.15, 0.2) is 0 Å². The molecular formula is C13H25ClN4O. The van der Waals surface area contributed by atoms with Gasteiger partial charge in [0.2, 0.25) is 0 Å². The molecule has 0 saturated carbocycles. The standard InChI is InChI=1S/C13H25ClN4O/c1-4-7-19-8-6-10(16-15)9-12-13(14)11(5-2)17-18(12)3/h10,16H,4-9,15H2,1-3H3. The lowest BCUT2D eigenvalue weighted by Crippen LogP contribution is -2.38. The minimum Gasteiger partial charge on any atom is -0.381 e. The molecule has 5 nitrogen and oxygen atoms in total. The van der Waals surface area contributed by atoms with Gasteiger partial charge < -0.3 is 4.74 Å². The van der Waals surface area contributed by atoms with Gasteiger partial charge in [-0.25, -0.2) is 0 Å². The zero-order chi connectivity index (χ0) is 14.3. The summed E-state index contributed by atoms with van der Waals surface area (Å²) in [5.74, 6) is 5.60. The first-order valence-electron chi connectivity index (χ1n) is 6.88. The van der Waals surface area contributed by atoms with Crippen LogP contribution < -0.4 is 11.3 Å². The molecule has 110 valence electrons. The van der Waals surface area contributed by atoms with Crippen LogP contribution in [0.5, 0.6) is 0 Å². The predicted octanol–water partition coefficient (Wildman–Crippen LogP) is 1.83. The number of nitrogens with zero attached hydrogens (tertiary/aromatic N) is 2. The minimum absolute atomic E-state index is 0.148. The molecule has 1 aromatic rings. The van der Waals surface area contributed by atoms with Crippen LogP contribution >= 0.6 is 11.6 Å². The van der Waals surface area contributed by atoms with E-state index in [2.05, 4.69) is 24.4 Å². The monoisotopic (exact) mass is 288 g/mol. The number of hydrogen-bond donors (Lipinski definition) is 2. The van der Waals surface area contributed by atoms with Crippen molar-refractivity contribution in [1.29, 1.82) is 0 Å². The lowest BCUT2D eigenvalue weighted by molar-refractivity contribution is 0.124. The summed E-state index contributed by atoms with van der Waals surface area (Å²) in [5, 5.41) is 5.17. The van der Waals surface area contributed by atoms with Gasteiger partial charge in [-0.05, 0) is 19.3 Å². The van der Waals surface area contributed by atoms with Gasteiger partial charge in [0.1, 0.15) is 0 Å². The summed E-state index contributed by atoms with van der Waals surface area (Å²) in [4.78, 5) is 0. The van der Waals surface area contributed by atoms with Gasteiger partial charge >= 0.3 is 0 Å². The van der Waals surface area contributed by atoms with E-state index in [1.165, 1.54) is 0 Å². The Labute approximate surface area is 120 Å². The number of aryl methyl sites for hydroxylation is 2. The van der Waals surface area contributed by atoms with Gasteiger partial charge in [0.05, 0.1) is 16.4 Å². The number of nitrogens with one attached hydrogen (secondary N) is 1. The molecule has 1 heterocycles. The summed E-state index contributed by atoms with van der Waals surface area (Å²) in [6.45, 7) is 5.65. The maximum absolute atomic E-state index is 6.33. The first-order chi connectivity index (χ1) is 9.13. The average Bonchev–Trinajstić information content (AvgIpc) is 2.69. The fourth-order valence-electron chi connectivity index (χ4n) is 1.99. The molecule has 0 aromatic carbocycles. The summed E-state index contributed by atoms with van der Waals surface area (Å²) in [6, 6.07) is 0.148. The summed E-state index contributed by atoms with van der Waals surface area (Å²) < 4.78 is 7.33. The molecule has 19 heavy (non-hydrogen) atoms. The number of aromatic nitrogens is 2. The largest absolute Gasteiger partial charge is 0.381 e. The molecule has 0 aliphatic rings. The Bertz CT molecular complexity index is 381. The normalized spacial score (nSPS) is 12.9. The Morgan fingerprint density at radius 3 is 2.68 bits per heavy atom. The Kier molecular flexibility index (Phi) is 7.38. The molecule has 0 saturated heterocycles. The van der Waals surface area contributed by atoms with Crippen LogP contribution in [0.2, 0.25) is 5.02 Å². The molecular weight excluding hydrogens is 264 g/mol. The first kappa shape index (κ1) is 16.4. The fourth-order valence-corrected chi connectivity index (χ4v) is 2.36. The van der Waals surface area contributed by atoms with Crippen molar-refractivity contribution in [2.75, 3.05) is 13.2 Å². The van der Waals surface area contributed by atoms with Crippen LogP contribution in [0, 0.1) is 0 Å². The molecule has 0 aliphatic heterocycles. The van der Waals surface area contributed by atoms with Crippen molar-refractivity contribution < 1.29 is 4.74 Å². The van der Waals surface area contributed by atoms with E-state index in [0.29, 0.717) is 6.61 Å². The summed E-state index contributed by atoms with van der Waals surface area (Å²) in [6.07, 6.45) is 3.49. The van der Waals surface area contributed by atoms with Crippen molar-refractivity contribution in [1.82, 2.24) is 15.2 Å². The van der Waals surface area contributed by atoms with Crippen LogP contribution in [0.4, 0.5) is 0 Å². The van der Waals surface area contributed by atoms with Crippen LogP contribution in [0.3, 0.4) is 0 Å². The molecule has 0 bridgehead atoms. The number of nitrogens with two attached hydrogens (primary N) is 1. The van der Waals surface area contributed by atoms with Gasteiger partial charge in [-0.2, -0.15) is 5.10 Å². The van der Waals surface area contributed by atoms with Gasteiger partial charge in [0.25, 0.3) is 0 Å². The second kappa shape index (κ2) is 8.53. The van der Waals surface area contributed by atoms with E-state index in [1.807, 2.05) is 11.7 Å². The molecule has 1 aromatic heterocycles. The van der Waals surface area contributed by atoms with Crippen LogP contribution in [0.15, 0.2) is 0 Å². The van der Waals surface area contributed by atoms with Crippen molar-refractivity contribution in [2.45, 2.75) is 45.6 Å². The van der Waals surface area contributed by atoms with Gasteiger partial charge in [-0.1, -0.05) is 25.4 Å². The molecule has 1 rings (SSSR count). The highest BCUT2D eigenvalue weighted by atomic mass is 35.5. The van der Waals surface area contributed by atoms with Gasteiger partial charge in [-0.3, -0.25) is 16.0 Å². The molecule has 1 atom stereocenters. The van der Waals surface area contributed by atoms with E-state index in [0.717, 1.165) is 48.7 Å². The Morgan fingerprint density at radius 2 is 2.16 bits per heavy atom. The number of rotatable bonds is 9. The van der Waals surface area contributed by atoms with E-state index in [-0.39, 0.29) is 6.04 Å². The summed E-state index contributed by atoms with van der Waals surface area (Å²) in [7, 11) is 1.92. The third-order valence-electron chi connectivity index (χ3n) is 3.14. The highest BCUT2D eigenvalue weighted by Gasteiger charge is 2.17. The maximum Gasteiger partial charge on any atom is 0.0850 e. The Morgan fingerprint density at radius 1 is 1.42 bits per heavy atom. The van der Waals surface area contributed by atoms with Crippen molar-refractivity contribution in [2.24, 2.45) is 12.9 Å². The zero-order valence-corrected chi connectivity index (χ0v) is 12.8. The molecule has 0 spiro atoms. The van der Waals surface area contributed by atoms with Crippen molar-refractivity contribution in [3.8, 4) is 0 Å². The van der Waals surface area contributed by atoms with E-state index >= 15 is 0 Å². The molecule has 6 heteroatoms. The lowest BCUT2D eigenvalue weighted by Gasteiger charge is -2.16. The van der Waals surface area contributed by atoms with Gasteiger partial charge in [-0.15, -0.1) is 0 Å². The van der Waals surface area contributed by atoms with Gasteiger partial charge in [0, 0.05) is 32.7 Å². The Balaban J connectivity index is 2.57. The number of ether oxygens (including phenoxy) is 1. The number of hydrogen-bond acceptors (Lipinski definition) is 4. The van der Waals surface area contributed by atoms with Crippen LogP contribution in [-0.2, 0) is 24.6 Å². The second-order valence-corrected chi connectivity index (χ2v) is 5.03. The summed E-state index contributed by atoms with van der Waals surface area (Å²) in [5.41, 5.74) is 4.80. The van der Waals surface area contributed by atoms with E-state index in [9.17, 15) is 0 Å². The smallest absolute Gasteiger partial charge is 0.0850 e. The molecule has 0 aliphatic carbocycles. The summed E-state index contributed by atoms with van der Waals surface area (Å²) >= 11 is 6.33. The highest BCUT2D eigenvalue weighted by molar-refractivity contribution is 6.31. The van der Waals surface area contributed by atoms with Crippen LogP contribution in [0.25, 0.3) is 0 Å². The quantitative estimate of drug-likeness (QED) is 0.413. The molecule has 0 fully saturated rings. The van der Waals surface area contributed by atoms with Crippen LogP contribution in [-0.4, -0.2) is 29.0 Å². The number of halogens is 1. The van der Waals surface area contributed by atoms with Crippen molar-refractivity contribution >= 4 is 11.6 Å². The molecule has 0 radical (unpaired) electrons. The van der Waals surface area contributed by atoms with E-state index in [1.54, 1.807) is 0 Å². The fraction of sp³-hybridized carbons (Fsp3) is 0.769. The Hall–Kier alpha value is -0.620. The molecule has 1 unspecified atom stereocenters. The van der Waals surface area contributed by atoms with E-state index in [4.69, 9.17) is 22.2 Å². The number of hydrazine groups is 1. The third-order valence-corrected chi connectivity index (χ3v) is 3.57. The van der Waals surface area contributed by atoms with Crippen LogP contribution in [0.1, 0.15) is 38.1 Å². The van der Waals surface area contributed by atoms with E-state index < -0.39 is 0 Å². The average molecular weight is 289 g/mol. The molecule has 3 N–H and O–H groups in total. The molecule has 0 amide bonds. The first-order valence-corrected chi connectivity index (χ1v) is 7.25. The van der Waals surface area contributed by atoms with Crippen molar-refractivity contribution in [3.05, 3.63) is 16.4 Å².